The zero-order valence-corrected chi connectivity index (χ0v) is 9.97. The molecular formula is C13H21NO. The maximum Gasteiger partial charge on any atom is 0.0474 e. The molecule has 0 saturated heterocycles. The summed E-state index contributed by atoms with van der Waals surface area (Å²) < 4.78 is 4.99. The Kier molecular flexibility index (Phi) is 5.37. The van der Waals surface area contributed by atoms with E-state index in [1.54, 1.807) is 7.11 Å². The number of hydrogen-bond donors (Lipinski definition) is 1. The lowest BCUT2D eigenvalue weighted by molar-refractivity contribution is 0.194. The number of hydrogen-bond acceptors (Lipinski definition) is 2. The summed E-state index contributed by atoms with van der Waals surface area (Å²) in [5.41, 5.74) is 4.09. The largest absolute Gasteiger partial charge is 0.385 e. The van der Waals surface area contributed by atoms with E-state index in [-0.39, 0.29) is 0 Å². The van der Waals surface area contributed by atoms with Gasteiger partial charge in [-0.2, -0.15) is 0 Å². The number of aryl methyl sites for hydroxylation is 2. The molecule has 1 aromatic carbocycles. The van der Waals surface area contributed by atoms with Crippen molar-refractivity contribution in [3.63, 3.8) is 0 Å². The van der Waals surface area contributed by atoms with Crippen molar-refractivity contribution in [1.29, 1.82) is 0 Å². The first kappa shape index (κ1) is 12.2. The summed E-state index contributed by atoms with van der Waals surface area (Å²) in [4.78, 5) is 0. The van der Waals surface area contributed by atoms with E-state index in [9.17, 15) is 0 Å². The zero-order valence-electron chi connectivity index (χ0n) is 9.97. The first-order valence-electron chi connectivity index (χ1n) is 5.50. The normalized spacial score (nSPS) is 10.6. The molecule has 1 N–H and O–H groups in total. The van der Waals surface area contributed by atoms with Crippen molar-refractivity contribution in [3.05, 3.63) is 34.9 Å². The molecule has 0 aliphatic carbocycles. The van der Waals surface area contributed by atoms with E-state index in [4.69, 9.17) is 4.74 Å². The molecular weight excluding hydrogens is 186 g/mol. The molecule has 2 nitrogen and oxygen atoms in total. The van der Waals surface area contributed by atoms with Crippen LogP contribution in [0.3, 0.4) is 0 Å². The summed E-state index contributed by atoms with van der Waals surface area (Å²) in [7, 11) is 1.74. The van der Waals surface area contributed by atoms with Gasteiger partial charge in [-0.1, -0.05) is 23.8 Å². The molecule has 0 heterocycles. The highest BCUT2D eigenvalue weighted by Gasteiger charge is 1.97. The van der Waals surface area contributed by atoms with Gasteiger partial charge < -0.3 is 10.1 Å². The van der Waals surface area contributed by atoms with Crippen LogP contribution in [0.15, 0.2) is 18.2 Å². The molecule has 0 aliphatic heterocycles. The highest BCUT2D eigenvalue weighted by molar-refractivity contribution is 5.30. The quantitative estimate of drug-likeness (QED) is 0.723. The maximum absolute atomic E-state index is 4.99. The van der Waals surface area contributed by atoms with Crippen LogP contribution < -0.4 is 5.32 Å². The molecule has 0 unspecified atom stereocenters. The topological polar surface area (TPSA) is 21.3 Å². The second-order valence-electron chi connectivity index (χ2n) is 3.95. The average molecular weight is 207 g/mol. The van der Waals surface area contributed by atoms with Crippen molar-refractivity contribution in [1.82, 2.24) is 5.32 Å². The SMILES string of the molecule is COCCCNCc1ccc(C)cc1C. The third kappa shape index (κ3) is 4.45. The van der Waals surface area contributed by atoms with Gasteiger partial charge in [-0.15, -0.1) is 0 Å². The first-order valence-corrected chi connectivity index (χ1v) is 5.50. The Morgan fingerprint density at radius 3 is 2.73 bits per heavy atom. The molecule has 0 saturated carbocycles. The predicted octanol–water partition coefficient (Wildman–Crippen LogP) is 2.43. The lowest BCUT2D eigenvalue weighted by Gasteiger charge is -2.08. The summed E-state index contributed by atoms with van der Waals surface area (Å²) in [5, 5.41) is 3.42. The van der Waals surface area contributed by atoms with Crippen LogP contribution in [0.25, 0.3) is 0 Å². The van der Waals surface area contributed by atoms with E-state index in [1.165, 1.54) is 16.7 Å². The fourth-order valence-corrected chi connectivity index (χ4v) is 1.61. The molecule has 1 aromatic rings. The molecule has 2 heteroatoms. The van der Waals surface area contributed by atoms with Crippen molar-refractivity contribution in [3.8, 4) is 0 Å². The molecule has 84 valence electrons. The van der Waals surface area contributed by atoms with Crippen molar-refractivity contribution in [2.45, 2.75) is 26.8 Å². The third-order valence-electron chi connectivity index (χ3n) is 2.52. The average Bonchev–Trinajstić information content (AvgIpc) is 2.20. The lowest BCUT2D eigenvalue weighted by Crippen LogP contribution is -2.16. The number of rotatable bonds is 6. The van der Waals surface area contributed by atoms with Crippen LogP contribution in [0.1, 0.15) is 23.1 Å². The van der Waals surface area contributed by atoms with Gasteiger partial charge in [0.15, 0.2) is 0 Å². The van der Waals surface area contributed by atoms with Crippen molar-refractivity contribution >= 4 is 0 Å². The smallest absolute Gasteiger partial charge is 0.0474 e. The zero-order chi connectivity index (χ0) is 11.1. The Bertz CT molecular complexity index is 297. The van der Waals surface area contributed by atoms with E-state index in [2.05, 4.69) is 37.4 Å². The van der Waals surface area contributed by atoms with Crippen molar-refractivity contribution < 1.29 is 4.74 Å². The molecule has 0 fully saturated rings. The van der Waals surface area contributed by atoms with Crippen molar-refractivity contribution in [2.24, 2.45) is 0 Å². The first-order chi connectivity index (χ1) is 7.24. The van der Waals surface area contributed by atoms with E-state index in [0.29, 0.717) is 0 Å². The highest BCUT2D eigenvalue weighted by Crippen LogP contribution is 2.09. The van der Waals surface area contributed by atoms with Gasteiger partial charge in [0.2, 0.25) is 0 Å². The number of benzene rings is 1. The molecule has 0 aromatic heterocycles. The van der Waals surface area contributed by atoms with Gasteiger partial charge in [0, 0.05) is 20.3 Å². The predicted molar refractivity (Wildman–Crippen MR) is 64.1 cm³/mol. The monoisotopic (exact) mass is 207 g/mol. The summed E-state index contributed by atoms with van der Waals surface area (Å²) in [6.45, 7) is 7.10. The van der Waals surface area contributed by atoms with Gasteiger partial charge in [-0.05, 0) is 37.9 Å². The minimum atomic E-state index is 0.833. The fraction of sp³-hybridized carbons (Fsp3) is 0.538. The maximum atomic E-state index is 4.99. The van der Waals surface area contributed by atoms with Crippen molar-refractivity contribution in [2.75, 3.05) is 20.3 Å². The number of methoxy groups -OCH3 is 1. The Balaban J connectivity index is 2.31. The second kappa shape index (κ2) is 6.59. The molecule has 0 bridgehead atoms. The van der Waals surface area contributed by atoms with E-state index in [1.807, 2.05) is 0 Å². The standard InChI is InChI=1S/C13H21NO/c1-11-5-6-13(12(2)9-11)10-14-7-4-8-15-3/h5-6,9,14H,4,7-8,10H2,1-3H3. The van der Waals surface area contributed by atoms with Crippen LogP contribution in [-0.2, 0) is 11.3 Å². The Hall–Kier alpha value is -0.860. The van der Waals surface area contributed by atoms with Gasteiger partial charge in [-0.25, -0.2) is 0 Å². The van der Waals surface area contributed by atoms with Gasteiger partial charge in [0.25, 0.3) is 0 Å². The van der Waals surface area contributed by atoms with Crippen LogP contribution in [0.2, 0.25) is 0 Å². The molecule has 0 spiro atoms. The Morgan fingerprint density at radius 1 is 1.27 bits per heavy atom. The number of nitrogens with one attached hydrogen (secondary N) is 1. The molecule has 0 aliphatic rings. The summed E-state index contributed by atoms with van der Waals surface area (Å²) in [5.74, 6) is 0. The Morgan fingerprint density at radius 2 is 2.07 bits per heavy atom. The van der Waals surface area contributed by atoms with Crippen LogP contribution in [0.4, 0.5) is 0 Å². The minimum absolute atomic E-state index is 0.833. The van der Waals surface area contributed by atoms with Crippen LogP contribution >= 0.6 is 0 Å². The summed E-state index contributed by atoms with van der Waals surface area (Å²) >= 11 is 0. The number of ether oxygens (including phenoxy) is 1. The second-order valence-corrected chi connectivity index (χ2v) is 3.95. The minimum Gasteiger partial charge on any atom is -0.385 e. The molecule has 0 atom stereocenters. The highest BCUT2D eigenvalue weighted by atomic mass is 16.5. The van der Waals surface area contributed by atoms with Crippen LogP contribution in [-0.4, -0.2) is 20.3 Å². The summed E-state index contributed by atoms with van der Waals surface area (Å²) in [6, 6.07) is 6.60. The van der Waals surface area contributed by atoms with Gasteiger partial charge in [0.1, 0.15) is 0 Å². The summed E-state index contributed by atoms with van der Waals surface area (Å²) in [6.07, 6.45) is 1.07. The van der Waals surface area contributed by atoms with E-state index >= 15 is 0 Å². The molecule has 0 amide bonds. The van der Waals surface area contributed by atoms with Gasteiger partial charge in [0.05, 0.1) is 0 Å². The molecule has 0 radical (unpaired) electrons. The van der Waals surface area contributed by atoms with Gasteiger partial charge >= 0.3 is 0 Å². The van der Waals surface area contributed by atoms with E-state index in [0.717, 1.165) is 26.1 Å². The third-order valence-corrected chi connectivity index (χ3v) is 2.52. The van der Waals surface area contributed by atoms with Crippen LogP contribution in [0.5, 0.6) is 0 Å². The fourth-order valence-electron chi connectivity index (χ4n) is 1.61. The Labute approximate surface area is 92.6 Å². The van der Waals surface area contributed by atoms with Gasteiger partial charge in [-0.3, -0.25) is 0 Å². The lowest BCUT2D eigenvalue weighted by atomic mass is 10.1. The molecule has 1 rings (SSSR count). The molecule has 15 heavy (non-hydrogen) atoms. The van der Waals surface area contributed by atoms with E-state index < -0.39 is 0 Å². The van der Waals surface area contributed by atoms with Crippen LogP contribution in [0, 0.1) is 13.8 Å².